The lowest BCUT2D eigenvalue weighted by Gasteiger charge is -2.13. The molecule has 2 amide bonds. The molecule has 2 heterocycles. The zero-order valence-electron chi connectivity index (χ0n) is 15.3. The lowest BCUT2D eigenvalue weighted by molar-refractivity contribution is -0.384. The van der Waals surface area contributed by atoms with Crippen molar-refractivity contribution in [3.63, 3.8) is 0 Å². The average Bonchev–Trinajstić information content (AvgIpc) is 3.29. The number of nitro groups is 1. The van der Waals surface area contributed by atoms with E-state index in [9.17, 15) is 19.7 Å². The number of nitrogens with one attached hydrogen (secondary N) is 1. The summed E-state index contributed by atoms with van der Waals surface area (Å²) < 4.78 is 5.74. The predicted molar refractivity (Wildman–Crippen MR) is 106 cm³/mol. The summed E-state index contributed by atoms with van der Waals surface area (Å²) in [7, 11) is 0. The second-order valence-corrected chi connectivity index (χ2v) is 6.43. The molecule has 0 saturated carbocycles. The zero-order chi connectivity index (χ0) is 20.5. The number of carbonyl (C=O) groups is 2. The van der Waals surface area contributed by atoms with Crippen LogP contribution in [0.5, 0.6) is 0 Å². The molecule has 29 heavy (non-hydrogen) atoms. The number of non-ortho nitro benzene ring substituents is 1. The Hall–Kier alpha value is -4.20. The monoisotopic (exact) mass is 389 g/mol. The Balaban J connectivity index is 1.65. The standard InChI is InChI=1S/C21H15N3O5/c1-13-7-8-15(24(27)28)11-17(13)19-10-9-16(29-19)12-18-20(25)22-23(21(18)26)14-5-3-2-4-6-14/h2-12H,1H3,(H,22,25)/b18-12-. The van der Waals surface area contributed by atoms with E-state index >= 15 is 0 Å². The predicted octanol–water partition coefficient (Wildman–Crippen LogP) is 3.62. The van der Waals surface area contributed by atoms with Gasteiger partial charge in [0.2, 0.25) is 0 Å². The van der Waals surface area contributed by atoms with Crippen molar-refractivity contribution in [1.82, 2.24) is 5.43 Å². The van der Waals surface area contributed by atoms with E-state index in [0.717, 1.165) is 5.56 Å². The van der Waals surface area contributed by atoms with Crippen LogP contribution in [0.3, 0.4) is 0 Å². The molecule has 0 radical (unpaired) electrons. The fourth-order valence-electron chi connectivity index (χ4n) is 3.02. The van der Waals surface area contributed by atoms with Crippen LogP contribution in [0.25, 0.3) is 17.4 Å². The van der Waals surface area contributed by atoms with Gasteiger partial charge in [-0.05, 0) is 42.8 Å². The fraction of sp³-hybridized carbons (Fsp3) is 0.0476. The molecule has 1 N–H and O–H groups in total. The van der Waals surface area contributed by atoms with Crippen molar-refractivity contribution in [1.29, 1.82) is 0 Å². The minimum absolute atomic E-state index is 0.0502. The number of aryl methyl sites for hydroxylation is 1. The van der Waals surface area contributed by atoms with Crippen LogP contribution in [0.4, 0.5) is 11.4 Å². The molecule has 1 saturated heterocycles. The molecule has 0 atom stereocenters. The first-order valence-corrected chi connectivity index (χ1v) is 8.71. The maximum atomic E-state index is 12.6. The first-order chi connectivity index (χ1) is 13.9. The SMILES string of the molecule is Cc1ccc([N+](=O)[O-])cc1-c1ccc(/C=C2/C(=O)NN(c3ccccc3)C2=O)o1. The van der Waals surface area contributed by atoms with Gasteiger partial charge < -0.3 is 4.42 Å². The number of rotatable bonds is 4. The van der Waals surface area contributed by atoms with Crippen molar-refractivity contribution in [3.8, 4) is 11.3 Å². The number of benzene rings is 2. The van der Waals surface area contributed by atoms with E-state index in [1.165, 1.54) is 23.2 Å². The van der Waals surface area contributed by atoms with Crippen LogP contribution in [0, 0.1) is 17.0 Å². The van der Waals surface area contributed by atoms with Crippen molar-refractivity contribution in [2.24, 2.45) is 0 Å². The fourth-order valence-corrected chi connectivity index (χ4v) is 3.02. The summed E-state index contributed by atoms with van der Waals surface area (Å²) in [5, 5.41) is 12.2. The number of anilines is 1. The van der Waals surface area contributed by atoms with Crippen LogP contribution in [0.2, 0.25) is 0 Å². The second-order valence-electron chi connectivity index (χ2n) is 6.43. The number of hydrogen-bond donors (Lipinski definition) is 1. The minimum Gasteiger partial charge on any atom is -0.457 e. The molecular formula is C21H15N3O5. The summed E-state index contributed by atoms with van der Waals surface area (Å²) in [5.41, 5.74) is 4.31. The first-order valence-electron chi connectivity index (χ1n) is 8.71. The molecule has 8 heteroatoms. The van der Waals surface area contributed by atoms with Crippen LogP contribution >= 0.6 is 0 Å². The highest BCUT2D eigenvalue weighted by Gasteiger charge is 2.34. The molecule has 0 aliphatic carbocycles. The highest BCUT2D eigenvalue weighted by atomic mass is 16.6. The number of furan rings is 1. The van der Waals surface area contributed by atoms with Gasteiger partial charge in [0.1, 0.15) is 17.1 Å². The highest BCUT2D eigenvalue weighted by Crippen LogP contribution is 2.30. The minimum atomic E-state index is -0.539. The van der Waals surface area contributed by atoms with Gasteiger partial charge in [0.05, 0.1) is 10.6 Å². The Morgan fingerprint density at radius 2 is 1.83 bits per heavy atom. The third-order valence-corrected chi connectivity index (χ3v) is 4.52. The summed E-state index contributed by atoms with van der Waals surface area (Å²) in [4.78, 5) is 35.4. The normalized spacial score (nSPS) is 15.1. The molecule has 1 fully saturated rings. The molecule has 1 aliphatic heterocycles. The third kappa shape index (κ3) is 3.39. The summed E-state index contributed by atoms with van der Waals surface area (Å²) in [6, 6.07) is 16.5. The van der Waals surface area contributed by atoms with Crippen molar-refractivity contribution >= 4 is 29.3 Å². The van der Waals surface area contributed by atoms with Crippen LogP contribution in [0.1, 0.15) is 11.3 Å². The van der Waals surface area contributed by atoms with Crippen LogP contribution in [-0.2, 0) is 9.59 Å². The van der Waals surface area contributed by atoms with Gasteiger partial charge in [-0.3, -0.25) is 25.1 Å². The maximum Gasteiger partial charge on any atom is 0.282 e. The highest BCUT2D eigenvalue weighted by molar-refractivity contribution is 6.31. The quantitative estimate of drug-likeness (QED) is 0.317. The Kier molecular flexibility index (Phi) is 4.44. The molecule has 0 unspecified atom stereocenters. The number of hydrazine groups is 1. The van der Waals surface area contributed by atoms with Crippen molar-refractivity contribution < 1.29 is 18.9 Å². The number of nitrogens with zero attached hydrogens (tertiary/aromatic N) is 2. The van der Waals surface area contributed by atoms with Gasteiger partial charge in [-0.25, -0.2) is 5.01 Å². The molecule has 144 valence electrons. The number of amides is 2. The molecule has 2 aromatic carbocycles. The number of nitro benzene ring substituents is 1. The lowest BCUT2D eigenvalue weighted by Crippen LogP contribution is -2.35. The van der Waals surface area contributed by atoms with Crippen molar-refractivity contribution in [2.75, 3.05) is 5.01 Å². The van der Waals surface area contributed by atoms with Gasteiger partial charge >= 0.3 is 0 Å². The lowest BCUT2D eigenvalue weighted by atomic mass is 10.1. The summed E-state index contributed by atoms with van der Waals surface area (Å²) >= 11 is 0. The summed E-state index contributed by atoms with van der Waals surface area (Å²) in [5.74, 6) is -0.336. The molecule has 8 nitrogen and oxygen atoms in total. The third-order valence-electron chi connectivity index (χ3n) is 4.52. The number of carbonyl (C=O) groups excluding carboxylic acids is 2. The summed E-state index contributed by atoms with van der Waals surface area (Å²) in [6.45, 7) is 1.81. The van der Waals surface area contributed by atoms with E-state index < -0.39 is 16.7 Å². The van der Waals surface area contributed by atoms with Gasteiger partial charge in [-0.15, -0.1) is 0 Å². The smallest absolute Gasteiger partial charge is 0.282 e. The average molecular weight is 389 g/mol. The first kappa shape index (κ1) is 18.2. The van der Waals surface area contributed by atoms with E-state index in [1.807, 2.05) is 13.0 Å². The number of para-hydroxylation sites is 1. The van der Waals surface area contributed by atoms with E-state index in [0.29, 0.717) is 22.8 Å². The largest absolute Gasteiger partial charge is 0.457 e. The van der Waals surface area contributed by atoms with Crippen molar-refractivity contribution in [3.05, 3.63) is 87.7 Å². The van der Waals surface area contributed by atoms with Gasteiger partial charge in [0.15, 0.2) is 0 Å². The van der Waals surface area contributed by atoms with Gasteiger partial charge in [0, 0.05) is 17.7 Å². The Morgan fingerprint density at radius 3 is 2.55 bits per heavy atom. The van der Waals surface area contributed by atoms with Crippen molar-refractivity contribution in [2.45, 2.75) is 6.92 Å². The molecule has 3 aromatic rings. The van der Waals surface area contributed by atoms with Crippen LogP contribution in [-0.4, -0.2) is 16.7 Å². The Bertz CT molecular complexity index is 1160. The molecule has 0 spiro atoms. The second kappa shape index (κ2) is 7.08. The Morgan fingerprint density at radius 1 is 1.07 bits per heavy atom. The Labute approximate surface area is 165 Å². The van der Waals surface area contributed by atoms with Crippen LogP contribution in [0.15, 0.2) is 70.7 Å². The van der Waals surface area contributed by atoms with Gasteiger partial charge in [-0.1, -0.05) is 24.3 Å². The maximum absolute atomic E-state index is 12.6. The molecule has 1 aliphatic rings. The van der Waals surface area contributed by atoms with Gasteiger partial charge in [-0.2, -0.15) is 0 Å². The number of hydrogen-bond acceptors (Lipinski definition) is 5. The topological polar surface area (TPSA) is 106 Å². The zero-order valence-corrected chi connectivity index (χ0v) is 15.3. The van der Waals surface area contributed by atoms with E-state index in [1.54, 1.807) is 42.5 Å². The van der Waals surface area contributed by atoms with Gasteiger partial charge in [0.25, 0.3) is 17.5 Å². The molecule has 4 rings (SSSR count). The summed E-state index contributed by atoms with van der Waals surface area (Å²) in [6.07, 6.45) is 1.36. The molecule has 1 aromatic heterocycles. The molecule has 0 bridgehead atoms. The molecular weight excluding hydrogens is 374 g/mol. The van der Waals surface area contributed by atoms with E-state index in [2.05, 4.69) is 5.43 Å². The van der Waals surface area contributed by atoms with E-state index in [-0.39, 0.29) is 11.3 Å². The van der Waals surface area contributed by atoms with E-state index in [4.69, 9.17) is 4.42 Å². The van der Waals surface area contributed by atoms with Crippen LogP contribution < -0.4 is 10.4 Å².